The maximum atomic E-state index is 6.42. The van der Waals surface area contributed by atoms with E-state index in [1.165, 1.54) is 37.2 Å². The first kappa shape index (κ1) is 13.3. The van der Waals surface area contributed by atoms with Gasteiger partial charge in [0.1, 0.15) is 5.82 Å². The van der Waals surface area contributed by atoms with E-state index in [1.807, 2.05) is 0 Å². The number of nitrogens with zero attached hydrogens (tertiary/aromatic N) is 3. The molecule has 106 valence electrons. The monoisotopic (exact) mass is 281 g/mol. The molecular weight excluding hydrogens is 258 g/mol. The van der Waals surface area contributed by atoms with E-state index in [0.717, 1.165) is 30.5 Å². The summed E-state index contributed by atoms with van der Waals surface area (Å²) in [5, 5.41) is 1.07. The summed E-state index contributed by atoms with van der Waals surface area (Å²) in [5.41, 5.74) is -0.0412. The first-order chi connectivity index (χ1) is 9.02. The molecule has 2 fully saturated rings. The lowest BCUT2D eigenvalue weighted by Crippen LogP contribution is -2.58. The zero-order chi connectivity index (χ0) is 13.5. The molecule has 0 bridgehead atoms. The molecule has 1 spiro atoms. The largest absolute Gasteiger partial charge is 0.365 e. The second-order valence-corrected chi connectivity index (χ2v) is 7.18. The van der Waals surface area contributed by atoms with Gasteiger partial charge in [0.2, 0.25) is 5.13 Å². The number of ether oxygens (including phenoxy) is 1. The third kappa shape index (κ3) is 2.63. The average Bonchev–Trinajstić information content (AvgIpc) is 2.96. The van der Waals surface area contributed by atoms with E-state index in [0.29, 0.717) is 0 Å². The van der Waals surface area contributed by atoms with E-state index < -0.39 is 0 Å². The van der Waals surface area contributed by atoms with Crippen molar-refractivity contribution in [2.75, 3.05) is 18.0 Å². The van der Waals surface area contributed by atoms with Crippen molar-refractivity contribution < 1.29 is 4.74 Å². The Kier molecular flexibility index (Phi) is 3.29. The summed E-state index contributed by atoms with van der Waals surface area (Å²) in [6, 6.07) is 0. The number of aromatic nitrogens is 2. The SMILES string of the molecule is CCc1nsc(N2CC(C)(C)OC3(CCCC3)C2)n1. The van der Waals surface area contributed by atoms with Crippen LogP contribution in [0.15, 0.2) is 0 Å². The predicted octanol–water partition coefficient (Wildman–Crippen LogP) is 3.03. The normalized spacial score (nSPS) is 25.1. The van der Waals surface area contributed by atoms with Gasteiger partial charge in [-0.05, 0) is 26.7 Å². The van der Waals surface area contributed by atoms with Crippen LogP contribution >= 0.6 is 11.5 Å². The molecule has 19 heavy (non-hydrogen) atoms. The van der Waals surface area contributed by atoms with E-state index in [2.05, 4.69) is 35.0 Å². The summed E-state index contributed by atoms with van der Waals surface area (Å²) in [4.78, 5) is 7.04. The maximum absolute atomic E-state index is 6.42. The van der Waals surface area contributed by atoms with E-state index in [9.17, 15) is 0 Å². The van der Waals surface area contributed by atoms with Gasteiger partial charge in [0.05, 0.1) is 11.2 Å². The van der Waals surface area contributed by atoms with Crippen molar-refractivity contribution in [2.24, 2.45) is 0 Å². The van der Waals surface area contributed by atoms with Crippen LogP contribution in [0.25, 0.3) is 0 Å². The van der Waals surface area contributed by atoms with Gasteiger partial charge in [-0.25, -0.2) is 4.98 Å². The van der Waals surface area contributed by atoms with Crippen LogP contribution in [0.5, 0.6) is 0 Å². The third-order valence-electron chi connectivity index (χ3n) is 4.10. The zero-order valence-corrected chi connectivity index (χ0v) is 12.9. The molecule has 0 atom stereocenters. The molecule has 0 radical (unpaired) electrons. The molecule has 1 saturated heterocycles. The molecule has 4 nitrogen and oxygen atoms in total. The standard InChI is InChI=1S/C14H23N3OS/c1-4-11-15-12(19-16-11)17-9-13(2,3)18-14(10-17)7-5-6-8-14/h4-10H2,1-3H3. The number of hydrogen-bond acceptors (Lipinski definition) is 5. The van der Waals surface area contributed by atoms with Gasteiger partial charge >= 0.3 is 0 Å². The smallest absolute Gasteiger partial charge is 0.205 e. The first-order valence-corrected chi connectivity index (χ1v) is 8.07. The zero-order valence-electron chi connectivity index (χ0n) is 12.1. The van der Waals surface area contributed by atoms with Crippen LogP contribution in [0.2, 0.25) is 0 Å². The summed E-state index contributed by atoms with van der Waals surface area (Å²) in [6.45, 7) is 8.39. The Bertz CT molecular complexity index is 451. The number of rotatable bonds is 2. The maximum Gasteiger partial charge on any atom is 0.205 e. The van der Waals surface area contributed by atoms with Gasteiger partial charge in [0.25, 0.3) is 0 Å². The molecule has 1 aliphatic heterocycles. The molecule has 0 aromatic carbocycles. The van der Waals surface area contributed by atoms with Crippen molar-refractivity contribution in [1.82, 2.24) is 9.36 Å². The van der Waals surface area contributed by atoms with Gasteiger partial charge in [0, 0.05) is 31.0 Å². The van der Waals surface area contributed by atoms with Crippen LogP contribution < -0.4 is 4.90 Å². The Hall–Kier alpha value is -0.680. The van der Waals surface area contributed by atoms with Gasteiger partial charge < -0.3 is 9.64 Å². The number of hydrogen-bond donors (Lipinski definition) is 0. The molecule has 3 rings (SSSR count). The lowest BCUT2D eigenvalue weighted by atomic mass is 9.94. The molecular formula is C14H23N3OS. The van der Waals surface area contributed by atoms with Crippen molar-refractivity contribution in [2.45, 2.75) is 64.1 Å². The highest BCUT2D eigenvalue weighted by molar-refractivity contribution is 7.09. The topological polar surface area (TPSA) is 38.2 Å². The van der Waals surface area contributed by atoms with Crippen LogP contribution in [0.1, 0.15) is 52.3 Å². The van der Waals surface area contributed by atoms with Crippen LogP contribution in [0.4, 0.5) is 5.13 Å². The third-order valence-corrected chi connectivity index (χ3v) is 4.92. The van der Waals surface area contributed by atoms with Gasteiger partial charge in [0.15, 0.2) is 0 Å². The fourth-order valence-electron chi connectivity index (χ4n) is 3.45. The minimum atomic E-state index is -0.0966. The van der Waals surface area contributed by atoms with Crippen LogP contribution in [0.3, 0.4) is 0 Å². The molecule has 1 aliphatic carbocycles. The van der Waals surface area contributed by atoms with E-state index in [4.69, 9.17) is 4.74 Å². The highest BCUT2D eigenvalue weighted by Gasteiger charge is 2.46. The second-order valence-electron chi connectivity index (χ2n) is 6.45. The van der Waals surface area contributed by atoms with E-state index >= 15 is 0 Å². The lowest BCUT2D eigenvalue weighted by Gasteiger charge is -2.48. The summed E-state index contributed by atoms with van der Waals surface area (Å²) in [5.74, 6) is 0.963. The molecule has 1 aromatic heterocycles. The predicted molar refractivity (Wildman–Crippen MR) is 77.9 cm³/mol. The van der Waals surface area contributed by atoms with Gasteiger partial charge in [-0.1, -0.05) is 19.8 Å². The first-order valence-electron chi connectivity index (χ1n) is 7.30. The number of aryl methyl sites for hydroxylation is 1. The van der Waals surface area contributed by atoms with Gasteiger partial charge in [-0.15, -0.1) is 0 Å². The van der Waals surface area contributed by atoms with Crippen LogP contribution in [-0.2, 0) is 11.2 Å². The molecule has 1 aromatic rings. The van der Waals surface area contributed by atoms with Crippen LogP contribution in [0, 0.1) is 0 Å². The summed E-state index contributed by atoms with van der Waals surface area (Å²) in [6.07, 6.45) is 5.87. The van der Waals surface area contributed by atoms with E-state index in [-0.39, 0.29) is 11.2 Å². The van der Waals surface area contributed by atoms with Crippen molar-refractivity contribution >= 4 is 16.7 Å². The summed E-state index contributed by atoms with van der Waals surface area (Å²) < 4.78 is 10.8. The van der Waals surface area contributed by atoms with Crippen molar-refractivity contribution in [3.63, 3.8) is 0 Å². The lowest BCUT2D eigenvalue weighted by molar-refractivity contribution is -0.148. The molecule has 2 heterocycles. The Morgan fingerprint density at radius 2 is 2.00 bits per heavy atom. The van der Waals surface area contributed by atoms with Crippen molar-refractivity contribution in [1.29, 1.82) is 0 Å². The van der Waals surface area contributed by atoms with Crippen molar-refractivity contribution in [3.05, 3.63) is 5.82 Å². The Morgan fingerprint density at radius 3 is 2.63 bits per heavy atom. The highest BCUT2D eigenvalue weighted by Crippen LogP contribution is 2.42. The minimum Gasteiger partial charge on any atom is -0.365 e. The molecule has 1 saturated carbocycles. The fraction of sp³-hybridized carbons (Fsp3) is 0.857. The molecule has 0 amide bonds. The molecule has 2 aliphatic rings. The molecule has 0 N–H and O–H groups in total. The second kappa shape index (κ2) is 4.70. The summed E-state index contributed by atoms with van der Waals surface area (Å²) >= 11 is 1.53. The highest BCUT2D eigenvalue weighted by atomic mass is 32.1. The average molecular weight is 281 g/mol. The molecule has 5 heteroatoms. The van der Waals surface area contributed by atoms with Gasteiger partial charge in [-0.3, -0.25) is 0 Å². The fourth-order valence-corrected chi connectivity index (χ4v) is 4.19. The van der Waals surface area contributed by atoms with Crippen molar-refractivity contribution in [3.8, 4) is 0 Å². The van der Waals surface area contributed by atoms with Crippen LogP contribution in [-0.4, -0.2) is 33.6 Å². The van der Waals surface area contributed by atoms with E-state index in [1.54, 1.807) is 0 Å². The summed E-state index contributed by atoms with van der Waals surface area (Å²) in [7, 11) is 0. The van der Waals surface area contributed by atoms with Gasteiger partial charge in [-0.2, -0.15) is 4.37 Å². The number of morpholine rings is 1. The number of anilines is 1. The Balaban J connectivity index is 1.84. The Labute approximate surface area is 119 Å². The minimum absolute atomic E-state index is 0.0554. The quantitative estimate of drug-likeness (QED) is 0.835. The Morgan fingerprint density at radius 1 is 1.26 bits per heavy atom. The molecule has 0 unspecified atom stereocenters.